The van der Waals surface area contributed by atoms with E-state index in [-0.39, 0.29) is 11.8 Å². The van der Waals surface area contributed by atoms with Crippen LogP contribution in [0.4, 0.5) is 5.69 Å². The molecule has 3 rings (SSSR count). The molecule has 0 radical (unpaired) electrons. The van der Waals surface area contributed by atoms with Gasteiger partial charge in [-0.2, -0.15) is 5.10 Å². The van der Waals surface area contributed by atoms with Crippen LogP contribution in [0.2, 0.25) is 0 Å². The highest BCUT2D eigenvalue weighted by atomic mass is 16.2. The van der Waals surface area contributed by atoms with E-state index in [2.05, 4.69) is 5.10 Å². The summed E-state index contributed by atoms with van der Waals surface area (Å²) in [5.74, 6) is -0.102. The molecular formula is C17H16N2O. The lowest BCUT2D eigenvalue weighted by Gasteiger charge is -2.14. The van der Waals surface area contributed by atoms with Gasteiger partial charge in [0, 0.05) is 5.71 Å². The molecule has 1 heterocycles. The molecule has 0 aliphatic carbocycles. The minimum absolute atomic E-state index is 0.0533. The molecule has 2 aromatic carbocycles. The van der Waals surface area contributed by atoms with Crippen LogP contribution in [0, 0.1) is 5.92 Å². The number of amides is 1. The second-order valence-corrected chi connectivity index (χ2v) is 4.97. The van der Waals surface area contributed by atoms with Crippen LogP contribution in [-0.2, 0) is 11.2 Å². The van der Waals surface area contributed by atoms with E-state index in [1.165, 1.54) is 5.01 Å². The smallest absolute Gasteiger partial charge is 0.256 e. The van der Waals surface area contributed by atoms with Crippen molar-refractivity contribution in [2.45, 2.75) is 13.3 Å². The van der Waals surface area contributed by atoms with E-state index >= 15 is 0 Å². The van der Waals surface area contributed by atoms with Crippen molar-refractivity contribution in [3.8, 4) is 0 Å². The minimum atomic E-state index is -0.155. The predicted molar refractivity (Wildman–Crippen MR) is 80.7 cm³/mol. The predicted octanol–water partition coefficient (Wildman–Crippen LogP) is 3.27. The van der Waals surface area contributed by atoms with Gasteiger partial charge < -0.3 is 0 Å². The summed E-state index contributed by atoms with van der Waals surface area (Å²) < 4.78 is 0. The number of hydrazone groups is 1. The summed E-state index contributed by atoms with van der Waals surface area (Å²) in [5.41, 5.74) is 2.87. The van der Waals surface area contributed by atoms with Gasteiger partial charge in [0.15, 0.2) is 0 Å². The molecule has 0 saturated heterocycles. The number of nitrogens with zero attached hydrogens (tertiary/aromatic N) is 2. The van der Waals surface area contributed by atoms with Crippen LogP contribution >= 0.6 is 0 Å². The van der Waals surface area contributed by atoms with Crippen LogP contribution in [0.3, 0.4) is 0 Å². The fourth-order valence-electron chi connectivity index (χ4n) is 2.44. The van der Waals surface area contributed by atoms with E-state index < -0.39 is 0 Å². The molecule has 1 aliphatic heterocycles. The summed E-state index contributed by atoms with van der Waals surface area (Å²) in [6.07, 6.45) is 0.707. The lowest BCUT2D eigenvalue weighted by molar-refractivity contribution is -0.119. The van der Waals surface area contributed by atoms with E-state index in [0.717, 1.165) is 17.0 Å². The summed E-state index contributed by atoms with van der Waals surface area (Å²) in [7, 11) is 0. The van der Waals surface area contributed by atoms with Crippen LogP contribution in [0.15, 0.2) is 65.8 Å². The van der Waals surface area contributed by atoms with Gasteiger partial charge in [-0.25, -0.2) is 5.01 Å². The van der Waals surface area contributed by atoms with Crippen molar-refractivity contribution in [3.63, 3.8) is 0 Å². The van der Waals surface area contributed by atoms with E-state index in [0.29, 0.717) is 6.42 Å². The molecule has 0 N–H and O–H groups in total. The number of hydrogen-bond donors (Lipinski definition) is 0. The largest absolute Gasteiger partial charge is 0.272 e. The Bertz CT molecular complexity index is 635. The molecule has 0 bridgehead atoms. The molecule has 20 heavy (non-hydrogen) atoms. The van der Waals surface area contributed by atoms with Gasteiger partial charge in [-0.3, -0.25) is 4.79 Å². The number of benzene rings is 2. The fraction of sp³-hybridized carbons (Fsp3) is 0.176. The molecule has 0 aromatic heterocycles. The number of carbonyl (C=O) groups is 1. The topological polar surface area (TPSA) is 32.7 Å². The summed E-state index contributed by atoms with van der Waals surface area (Å²) in [5, 5.41) is 5.93. The standard InChI is InChI=1S/C17H16N2O/c1-13-16(12-14-8-4-2-5-9-14)17(20)19(18-13)15-10-6-3-7-11-15/h2-11,16H,12H2,1H3/t16-/m0/s1. The second kappa shape index (κ2) is 5.29. The average Bonchev–Trinajstić information content (AvgIpc) is 2.77. The summed E-state index contributed by atoms with van der Waals surface area (Å²) in [6, 6.07) is 19.6. The van der Waals surface area contributed by atoms with Gasteiger partial charge in [-0.05, 0) is 31.0 Å². The van der Waals surface area contributed by atoms with Gasteiger partial charge in [-0.1, -0.05) is 48.5 Å². The van der Waals surface area contributed by atoms with Crippen molar-refractivity contribution in [3.05, 3.63) is 66.2 Å². The number of hydrogen-bond acceptors (Lipinski definition) is 2. The first-order valence-electron chi connectivity index (χ1n) is 6.74. The minimum Gasteiger partial charge on any atom is -0.272 e. The number of para-hydroxylation sites is 1. The first-order valence-corrected chi connectivity index (χ1v) is 6.74. The summed E-state index contributed by atoms with van der Waals surface area (Å²) >= 11 is 0. The Morgan fingerprint density at radius 1 is 1.00 bits per heavy atom. The van der Waals surface area contributed by atoms with Crippen molar-refractivity contribution in [1.82, 2.24) is 0 Å². The Labute approximate surface area is 118 Å². The van der Waals surface area contributed by atoms with Gasteiger partial charge in [0.2, 0.25) is 0 Å². The van der Waals surface area contributed by atoms with Gasteiger partial charge in [-0.15, -0.1) is 0 Å². The van der Waals surface area contributed by atoms with Crippen LogP contribution in [-0.4, -0.2) is 11.6 Å². The molecule has 0 spiro atoms. The van der Waals surface area contributed by atoms with Crippen LogP contribution in [0.1, 0.15) is 12.5 Å². The van der Waals surface area contributed by atoms with Crippen molar-refractivity contribution in [2.75, 3.05) is 5.01 Å². The molecule has 0 unspecified atom stereocenters. The Kier molecular flexibility index (Phi) is 3.33. The Morgan fingerprint density at radius 3 is 2.25 bits per heavy atom. The number of rotatable bonds is 3. The van der Waals surface area contributed by atoms with E-state index in [1.807, 2.05) is 67.6 Å². The lowest BCUT2D eigenvalue weighted by atomic mass is 9.95. The van der Waals surface area contributed by atoms with Crippen LogP contribution in [0.5, 0.6) is 0 Å². The molecule has 3 heteroatoms. The van der Waals surface area contributed by atoms with Crippen molar-refractivity contribution < 1.29 is 4.79 Å². The third kappa shape index (κ3) is 2.35. The normalized spacial score (nSPS) is 18.2. The molecule has 3 nitrogen and oxygen atoms in total. The lowest BCUT2D eigenvalue weighted by Crippen LogP contribution is -2.28. The monoisotopic (exact) mass is 264 g/mol. The maximum absolute atomic E-state index is 12.5. The Morgan fingerprint density at radius 2 is 1.60 bits per heavy atom. The zero-order valence-electron chi connectivity index (χ0n) is 11.4. The van der Waals surface area contributed by atoms with E-state index in [4.69, 9.17) is 0 Å². The maximum atomic E-state index is 12.5. The van der Waals surface area contributed by atoms with Gasteiger partial charge in [0.25, 0.3) is 5.91 Å². The van der Waals surface area contributed by atoms with E-state index in [1.54, 1.807) is 0 Å². The van der Waals surface area contributed by atoms with E-state index in [9.17, 15) is 4.79 Å². The highest BCUT2D eigenvalue weighted by Crippen LogP contribution is 2.25. The molecule has 2 aromatic rings. The molecular weight excluding hydrogens is 248 g/mol. The quantitative estimate of drug-likeness (QED) is 0.837. The molecule has 0 fully saturated rings. The SMILES string of the molecule is CC1=NN(c2ccccc2)C(=O)[C@H]1Cc1ccccc1. The second-order valence-electron chi connectivity index (χ2n) is 4.97. The fourth-order valence-corrected chi connectivity index (χ4v) is 2.44. The average molecular weight is 264 g/mol. The Balaban J connectivity index is 1.82. The summed E-state index contributed by atoms with van der Waals surface area (Å²) in [6.45, 7) is 1.93. The van der Waals surface area contributed by atoms with Crippen LogP contribution < -0.4 is 5.01 Å². The molecule has 1 atom stereocenters. The van der Waals surface area contributed by atoms with Gasteiger partial charge in [0.05, 0.1) is 11.6 Å². The van der Waals surface area contributed by atoms with Crippen molar-refractivity contribution in [2.24, 2.45) is 11.0 Å². The summed E-state index contributed by atoms with van der Waals surface area (Å²) in [4.78, 5) is 12.5. The molecule has 1 amide bonds. The van der Waals surface area contributed by atoms with Gasteiger partial charge in [0.1, 0.15) is 0 Å². The zero-order chi connectivity index (χ0) is 13.9. The highest BCUT2D eigenvalue weighted by molar-refractivity contribution is 6.14. The maximum Gasteiger partial charge on any atom is 0.256 e. The van der Waals surface area contributed by atoms with Crippen molar-refractivity contribution in [1.29, 1.82) is 0 Å². The van der Waals surface area contributed by atoms with Crippen LogP contribution in [0.25, 0.3) is 0 Å². The van der Waals surface area contributed by atoms with Gasteiger partial charge >= 0.3 is 0 Å². The third-order valence-corrected chi connectivity index (χ3v) is 3.55. The first-order chi connectivity index (χ1) is 9.75. The Hall–Kier alpha value is -2.42. The van der Waals surface area contributed by atoms with Crippen molar-refractivity contribution >= 4 is 17.3 Å². The zero-order valence-corrected chi connectivity index (χ0v) is 11.4. The molecule has 0 saturated carbocycles. The number of anilines is 1. The first kappa shape index (κ1) is 12.6. The number of carbonyl (C=O) groups excluding carboxylic acids is 1. The third-order valence-electron chi connectivity index (χ3n) is 3.55. The highest BCUT2D eigenvalue weighted by Gasteiger charge is 2.34. The molecule has 1 aliphatic rings. The molecule has 100 valence electrons.